The van der Waals surface area contributed by atoms with Crippen molar-refractivity contribution in [3.05, 3.63) is 51.2 Å². The quantitative estimate of drug-likeness (QED) is 0.873. The van der Waals surface area contributed by atoms with Gasteiger partial charge in [-0.25, -0.2) is 9.37 Å². The molecule has 1 unspecified atom stereocenters. The van der Waals surface area contributed by atoms with Crippen LogP contribution in [0.15, 0.2) is 24.3 Å². The van der Waals surface area contributed by atoms with Gasteiger partial charge in [0, 0.05) is 29.8 Å². The molecule has 1 atom stereocenters. The van der Waals surface area contributed by atoms with Crippen LogP contribution in [0.3, 0.4) is 0 Å². The van der Waals surface area contributed by atoms with Gasteiger partial charge < -0.3 is 5.32 Å². The van der Waals surface area contributed by atoms with Crippen molar-refractivity contribution < 1.29 is 4.39 Å². The Labute approximate surface area is 129 Å². The van der Waals surface area contributed by atoms with Crippen molar-refractivity contribution in [3.63, 3.8) is 0 Å². The van der Waals surface area contributed by atoms with Crippen LogP contribution in [0.4, 0.5) is 4.39 Å². The number of halogens is 1. The summed E-state index contributed by atoms with van der Waals surface area (Å²) in [6, 6.07) is 7.60. The SMILES string of the molecule is Cc1nc(CC(CNC2CC2)c2ccc(F)cc2)sc1C. The Morgan fingerprint density at radius 2 is 2.00 bits per heavy atom. The van der Waals surface area contributed by atoms with Crippen molar-refractivity contribution in [2.75, 3.05) is 6.54 Å². The topological polar surface area (TPSA) is 24.9 Å². The largest absolute Gasteiger partial charge is 0.313 e. The molecule has 0 bridgehead atoms. The summed E-state index contributed by atoms with van der Waals surface area (Å²) in [4.78, 5) is 5.94. The second-order valence-electron chi connectivity index (χ2n) is 5.88. The van der Waals surface area contributed by atoms with Gasteiger partial charge in [-0.05, 0) is 44.4 Å². The minimum absolute atomic E-state index is 0.173. The Hall–Kier alpha value is -1.26. The smallest absolute Gasteiger partial charge is 0.123 e. The van der Waals surface area contributed by atoms with Crippen LogP contribution >= 0.6 is 11.3 Å². The van der Waals surface area contributed by atoms with E-state index in [-0.39, 0.29) is 5.82 Å². The van der Waals surface area contributed by atoms with Crippen LogP contribution in [0, 0.1) is 19.7 Å². The van der Waals surface area contributed by atoms with Crippen LogP contribution < -0.4 is 5.32 Å². The number of thiazole rings is 1. The lowest BCUT2D eigenvalue weighted by atomic mass is 9.96. The van der Waals surface area contributed by atoms with E-state index < -0.39 is 0 Å². The molecule has 0 aliphatic heterocycles. The van der Waals surface area contributed by atoms with Crippen LogP contribution in [-0.4, -0.2) is 17.6 Å². The zero-order valence-corrected chi connectivity index (χ0v) is 13.3. The van der Waals surface area contributed by atoms with Gasteiger partial charge in [-0.1, -0.05) is 12.1 Å². The van der Waals surface area contributed by atoms with Crippen molar-refractivity contribution in [3.8, 4) is 0 Å². The maximum atomic E-state index is 13.1. The number of nitrogens with one attached hydrogen (secondary N) is 1. The summed E-state index contributed by atoms with van der Waals surface area (Å²) in [5, 5.41) is 4.77. The summed E-state index contributed by atoms with van der Waals surface area (Å²) in [5.41, 5.74) is 2.32. The number of rotatable bonds is 6. The summed E-state index contributed by atoms with van der Waals surface area (Å²) < 4.78 is 13.1. The molecule has 1 aromatic heterocycles. The van der Waals surface area contributed by atoms with Crippen LogP contribution in [-0.2, 0) is 6.42 Å². The molecule has 2 aromatic rings. The Morgan fingerprint density at radius 1 is 1.29 bits per heavy atom. The molecule has 21 heavy (non-hydrogen) atoms. The van der Waals surface area contributed by atoms with Crippen molar-refractivity contribution >= 4 is 11.3 Å². The first-order valence-corrected chi connectivity index (χ1v) is 8.35. The van der Waals surface area contributed by atoms with Gasteiger partial charge in [0.2, 0.25) is 0 Å². The van der Waals surface area contributed by atoms with Crippen molar-refractivity contribution in [2.45, 2.75) is 45.1 Å². The van der Waals surface area contributed by atoms with E-state index in [9.17, 15) is 4.39 Å². The molecule has 0 radical (unpaired) electrons. The van der Waals surface area contributed by atoms with Crippen LogP contribution in [0.25, 0.3) is 0 Å². The molecule has 4 heteroatoms. The van der Waals surface area contributed by atoms with E-state index in [4.69, 9.17) is 0 Å². The van der Waals surface area contributed by atoms with E-state index >= 15 is 0 Å². The molecule has 112 valence electrons. The number of hydrogen-bond acceptors (Lipinski definition) is 3. The van der Waals surface area contributed by atoms with E-state index in [0.29, 0.717) is 12.0 Å². The molecule has 2 nitrogen and oxygen atoms in total. The third-order valence-corrected chi connectivity index (χ3v) is 5.16. The minimum Gasteiger partial charge on any atom is -0.313 e. The van der Waals surface area contributed by atoms with Crippen molar-refractivity contribution in [1.29, 1.82) is 0 Å². The Kier molecular flexibility index (Phi) is 4.36. The molecule has 1 aliphatic rings. The fourth-order valence-corrected chi connectivity index (χ4v) is 3.49. The maximum Gasteiger partial charge on any atom is 0.123 e. The fourth-order valence-electron chi connectivity index (χ4n) is 2.48. The van der Waals surface area contributed by atoms with Crippen molar-refractivity contribution in [1.82, 2.24) is 10.3 Å². The lowest BCUT2D eigenvalue weighted by Crippen LogP contribution is -2.24. The number of aryl methyl sites for hydroxylation is 2. The van der Waals surface area contributed by atoms with Gasteiger partial charge in [-0.2, -0.15) is 0 Å². The summed E-state index contributed by atoms with van der Waals surface area (Å²) in [6.45, 7) is 5.12. The summed E-state index contributed by atoms with van der Waals surface area (Å²) in [7, 11) is 0. The number of nitrogens with zero attached hydrogens (tertiary/aromatic N) is 1. The Bertz CT molecular complexity index is 582. The molecule has 3 rings (SSSR count). The average molecular weight is 304 g/mol. The lowest BCUT2D eigenvalue weighted by molar-refractivity contribution is 0.573. The second kappa shape index (κ2) is 6.24. The zero-order chi connectivity index (χ0) is 14.8. The summed E-state index contributed by atoms with van der Waals surface area (Å²) >= 11 is 1.78. The number of benzene rings is 1. The first kappa shape index (κ1) is 14.7. The molecule has 1 fully saturated rings. The first-order chi connectivity index (χ1) is 10.1. The third-order valence-electron chi connectivity index (χ3n) is 4.07. The van der Waals surface area contributed by atoms with E-state index in [2.05, 4.69) is 24.1 Å². The predicted molar refractivity (Wildman–Crippen MR) is 85.5 cm³/mol. The molecule has 0 spiro atoms. The van der Waals surface area contributed by atoms with Gasteiger partial charge in [0.05, 0.1) is 10.7 Å². The highest BCUT2D eigenvalue weighted by Crippen LogP contribution is 2.27. The first-order valence-electron chi connectivity index (χ1n) is 7.53. The molecule has 1 aliphatic carbocycles. The van der Waals surface area contributed by atoms with Gasteiger partial charge in [0.25, 0.3) is 0 Å². The van der Waals surface area contributed by atoms with E-state index in [0.717, 1.165) is 18.7 Å². The van der Waals surface area contributed by atoms with Gasteiger partial charge in [-0.3, -0.25) is 0 Å². The highest BCUT2D eigenvalue weighted by molar-refractivity contribution is 7.11. The third kappa shape index (κ3) is 3.89. The van der Waals surface area contributed by atoms with E-state index in [1.807, 2.05) is 12.1 Å². The summed E-state index contributed by atoms with van der Waals surface area (Å²) in [5.74, 6) is 0.185. The predicted octanol–water partition coefficient (Wildman–Crippen LogP) is 3.98. The lowest BCUT2D eigenvalue weighted by Gasteiger charge is -2.17. The number of aromatic nitrogens is 1. The Morgan fingerprint density at radius 3 is 2.57 bits per heavy atom. The molecular formula is C17H21FN2S. The van der Waals surface area contributed by atoms with Crippen molar-refractivity contribution in [2.24, 2.45) is 0 Å². The standard InChI is InChI=1S/C17H21FN2S/c1-11-12(2)21-17(20-11)9-14(10-19-16-7-8-16)13-3-5-15(18)6-4-13/h3-6,14,16,19H,7-10H2,1-2H3. The van der Waals surface area contributed by atoms with Crippen LogP contribution in [0.1, 0.15) is 39.9 Å². The highest BCUT2D eigenvalue weighted by Gasteiger charge is 2.23. The highest BCUT2D eigenvalue weighted by atomic mass is 32.1. The molecule has 1 heterocycles. The van der Waals surface area contributed by atoms with E-state index in [1.165, 1.54) is 28.3 Å². The van der Waals surface area contributed by atoms with Crippen LogP contribution in [0.2, 0.25) is 0 Å². The maximum absolute atomic E-state index is 13.1. The number of hydrogen-bond donors (Lipinski definition) is 1. The van der Waals surface area contributed by atoms with E-state index in [1.54, 1.807) is 23.5 Å². The molecule has 0 amide bonds. The molecular weight excluding hydrogens is 283 g/mol. The van der Waals surface area contributed by atoms with Gasteiger partial charge >= 0.3 is 0 Å². The van der Waals surface area contributed by atoms with Gasteiger partial charge in [-0.15, -0.1) is 11.3 Å². The molecule has 1 N–H and O–H groups in total. The molecule has 0 saturated heterocycles. The van der Waals surface area contributed by atoms with Gasteiger partial charge in [0.1, 0.15) is 5.82 Å². The molecule has 1 aromatic carbocycles. The normalized spacial score (nSPS) is 16.1. The minimum atomic E-state index is -0.173. The zero-order valence-electron chi connectivity index (χ0n) is 12.5. The Balaban J connectivity index is 1.75. The summed E-state index contributed by atoms with van der Waals surface area (Å²) in [6.07, 6.45) is 3.49. The monoisotopic (exact) mass is 304 g/mol. The van der Waals surface area contributed by atoms with Crippen LogP contribution in [0.5, 0.6) is 0 Å². The molecule has 1 saturated carbocycles. The average Bonchev–Trinajstić information content (AvgIpc) is 3.23. The second-order valence-corrected chi connectivity index (χ2v) is 7.17. The fraction of sp³-hybridized carbons (Fsp3) is 0.471. The van der Waals surface area contributed by atoms with Gasteiger partial charge in [0.15, 0.2) is 0 Å².